The molecule has 2 aromatic carbocycles. The fourth-order valence-electron chi connectivity index (χ4n) is 5.49. The average molecular weight is 388 g/mol. The average Bonchev–Trinajstić information content (AvgIpc) is 2.70. The van der Waals surface area contributed by atoms with Gasteiger partial charge in [0.15, 0.2) is 0 Å². The molecule has 0 aliphatic heterocycles. The zero-order chi connectivity index (χ0) is 20.8. The van der Waals surface area contributed by atoms with Gasteiger partial charge in [-0.25, -0.2) is 11.4 Å². The second-order valence-electron chi connectivity index (χ2n) is 9.95. The highest BCUT2D eigenvalue weighted by molar-refractivity contribution is 5.88. The molecule has 150 valence electrons. The van der Waals surface area contributed by atoms with E-state index in [0.29, 0.717) is 13.0 Å². The van der Waals surface area contributed by atoms with Gasteiger partial charge >= 0.3 is 11.5 Å². The van der Waals surface area contributed by atoms with Crippen molar-refractivity contribution in [1.82, 2.24) is 0 Å². The molecular formula is C26H29NO2. The highest BCUT2D eigenvalue weighted by Crippen LogP contribution is 2.58. The van der Waals surface area contributed by atoms with Crippen LogP contribution in [0.2, 0.25) is 0 Å². The lowest BCUT2D eigenvalue weighted by molar-refractivity contribution is -0.151. The number of rotatable bonds is 4. The first-order valence-corrected chi connectivity index (χ1v) is 10.5. The van der Waals surface area contributed by atoms with Crippen LogP contribution in [0.15, 0.2) is 48.5 Å². The predicted octanol–water partition coefficient (Wildman–Crippen LogP) is 5.94. The van der Waals surface area contributed by atoms with Crippen LogP contribution in [0.4, 0.5) is 0 Å². The molecule has 0 radical (unpaired) electrons. The molecule has 2 bridgehead atoms. The minimum atomic E-state index is -1.17. The van der Waals surface area contributed by atoms with Crippen molar-refractivity contribution in [3.05, 3.63) is 82.2 Å². The van der Waals surface area contributed by atoms with Gasteiger partial charge in [0.2, 0.25) is 0 Å². The van der Waals surface area contributed by atoms with E-state index < -0.39 is 5.54 Å². The predicted molar refractivity (Wildman–Crippen MR) is 115 cm³/mol. The smallest absolute Gasteiger partial charge is 0.394 e. The number of carbonyl (C=O) groups is 1. The van der Waals surface area contributed by atoms with Gasteiger partial charge in [-0.2, -0.15) is 0 Å². The quantitative estimate of drug-likeness (QED) is 0.480. The fourth-order valence-corrected chi connectivity index (χ4v) is 5.49. The summed E-state index contributed by atoms with van der Waals surface area (Å²) in [6.45, 7) is 17.1. The van der Waals surface area contributed by atoms with Gasteiger partial charge in [-0.05, 0) is 40.0 Å². The summed E-state index contributed by atoms with van der Waals surface area (Å²) in [6, 6.07) is 16.6. The Bertz CT molecular complexity index is 933. The molecule has 2 atom stereocenters. The van der Waals surface area contributed by atoms with Gasteiger partial charge in [0, 0.05) is 12.3 Å². The van der Waals surface area contributed by atoms with Crippen LogP contribution >= 0.6 is 0 Å². The summed E-state index contributed by atoms with van der Waals surface area (Å²) in [5.41, 5.74) is 3.74. The molecule has 5 rings (SSSR count). The van der Waals surface area contributed by atoms with Crippen molar-refractivity contribution in [2.24, 2.45) is 11.3 Å². The summed E-state index contributed by atoms with van der Waals surface area (Å²) in [5.74, 6) is -0.279. The Kier molecular flexibility index (Phi) is 4.77. The number of fused-ring (bicyclic) bond motifs is 1. The van der Waals surface area contributed by atoms with Crippen LogP contribution in [0.25, 0.3) is 4.85 Å². The van der Waals surface area contributed by atoms with E-state index >= 15 is 0 Å². The number of benzene rings is 2. The molecule has 0 amide bonds. The third kappa shape index (κ3) is 3.25. The largest absolute Gasteiger partial charge is 0.459 e. The molecule has 3 nitrogen and oxygen atoms in total. The SMILES string of the molecule is [C-]#[N+]C1(C(=O)OCC(C)CC(C)(C)C)CC2c3ccccc3C1c1ccccc12. The van der Waals surface area contributed by atoms with E-state index in [-0.39, 0.29) is 29.1 Å². The van der Waals surface area contributed by atoms with E-state index in [9.17, 15) is 4.79 Å². The zero-order valence-corrected chi connectivity index (χ0v) is 17.7. The van der Waals surface area contributed by atoms with Crippen LogP contribution in [0.1, 0.15) is 74.6 Å². The first kappa shape index (κ1) is 19.7. The fraction of sp³-hybridized carbons (Fsp3) is 0.462. The summed E-state index contributed by atoms with van der Waals surface area (Å²) in [6.07, 6.45) is 1.48. The molecule has 0 fully saturated rings. The molecule has 2 unspecified atom stereocenters. The second kappa shape index (κ2) is 7.02. The van der Waals surface area contributed by atoms with Crippen molar-refractivity contribution < 1.29 is 9.53 Å². The van der Waals surface area contributed by atoms with E-state index in [0.717, 1.165) is 17.5 Å². The van der Waals surface area contributed by atoms with Crippen LogP contribution in [0, 0.1) is 17.9 Å². The Hall–Kier alpha value is -2.60. The highest BCUT2D eigenvalue weighted by atomic mass is 16.5. The molecule has 0 heterocycles. The van der Waals surface area contributed by atoms with Gasteiger partial charge in [0.25, 0.3) is 0 Å². The van der Waals surface area contributed by atoms with Crippen LogP contribution in [-0.4, -0.2) is 18.1 Å². The van der Waals surface area contributed by atoms with Crippen molar-refractivity contribution in [3.8, 4) is 0 Å². The number of hydrogen-bond donors (Lipinski definition) is 0. The van der Waals surface area contributed by atoms with Gasteiger partial charge in [0.05, 0.1) is 12.5 Å². The van der Waals surface area contributed by atoms with E-state index in [1.54, 1.807) is 0 Å². The third-order valence-electron chi connectivity index (χ3n) is 6.37. The molecule has 0 saturated carbocycles. The number of carbonyl (C=O) groups excluding carboxylic acids is 1. The minimum Gasteiger partial charge on any atom is -0.459 e. The summed E-state index contributed by atoms with van der Waals surface area (Å²) >= 11 is 0. The van der Waals surface area contributed by atoms with Crippen LogP contribution in [0.5, 0.6) is 0 Å². The molecule has 0 saturated heterocycles. The van der Waals surface area contributed by atoms with Crippen LogP contribution < -0.4 is 0 Å². The standard InChI is InChI=1S/C26H29NO2/c1-17(14-25(2,3)4)16-29-24(28)26(27-5)15-22-18-10-6-8-12-20(18)23(26)21-13-9-7-11-19(21)22/h6-13,17,22-23H,14-16H2,1-4H3. The van der Waals surface area contributed by atoms with Crippen molar-refractivity contribution >= 4 is 5.97 Å². The maximum Gasteiger partial charge on any atom is 0.394 e. The molecule has 2 aromatic rings. The van der Waals surface area contributed by atoms with Crippen LogP contribution in [-0.2, 0) is 9.53 Å². The summed E-state index contributed by atoms with van der Waals surface area (Å²) in [5, 5.41) is 0. The van der Waals surface area contributed by atoms with E-state index in [4.69, 9.17) is 11.3 Å². The van der Waals surface area contributed by atoms with Gasteiger partial charge < -0.3 is 4.74 Å². The Morgan fingerprint density at radius 3 is 2.10 bits per heavy atom. The normalized spacial score (nSPS) is 25.5. The van der Waals surface area contributed by atoms with Crippen LogP contribution in [0.3, 0.4) is 0 Å². The molecule has 0 spiro atoms. The van der Waals surface area contributed by atoms with Gasteiger partial charge in [-0.1, -0.05) is 76.2 Å². The summed E-state index contributed by atoms with van der Waals surface area (Å²) in [4.78, 5) is 17.4. The van der Waals surface area contributed by atoms with E-state index in [1.165, 1.54) is 11.1 Å². The molecule has 0 aromatic heterocycles. The lowest BCUT2D eigenvalue weighted by atomic mass is 9.56. The molecule has 0 N–H and O–H groups in total. The Labute approximate surface area is 173 Å². The Morgan fingerprint density at radius 2 is 1.62 bits per heavy atom. The number of esters is 1. The zero-order valence-electron chi connectivity index (χ0n) is 17.7. The monoisotopic (exact) mass is 387 g/mol. The van der Waals surface area contributed by atoms with E-state index in [1.807, 2.05) is 24.3 Å². The molecular weight excluding hydrogens is 358 g/mol. The Balaban J connectivity index is 1.68. The second-order valence-corrected chi connectivity index (χ2v) is 9.95. The van der Waals surface area contributed by atoms with E-state index in [2.05, 4.69) is 56.8 Å². The maximum atomic E-state index is 13.4. The summed E-state index contributed by atoms with van der Waals surface area (Å²) < 4.78 is 5.81. The lowest BCUT2D eigenvalue weighted by Gasteiger charge is -2.45. The number of nitrogens with zero attached hydrogens (tertiary/aromatic N) is 1. The topological polar surface area (TPSA) is 30.7 Å². The minimum absolute atomic E-state index is 0.0704. The van der Waals surface area contributed by atoms with Gasteiger partial charge in [0.1, 0.15) is 0 Å². The first-order valence-electron chi connectivity index (χ1n) is 10.5. The van der Waals surface area contributed by atoms with Crippen molar-refractivity contribution in [2.75, 3.05) is 6.61 Å². The molecule has 29 heavy (non-hydrogen) atoms. The number of ether oxygens (including phenoxy) is 1. The van der Waals surface area contributed by atoms with Gasteiger partial charge in [-0.3, -0.25) is 4.85 Å². The van der Waals surface area contributed by atoms with Crippen molar-refractivity contribution in [3.63, 3.8) is 0 Å². The Morgan fingerprint density at radius 1 is 1.10 bits per heavy atom. The molecule has 3 aliphatic rings. The van der Waals surface area contributed by atoms with Gasteiger partial charge in [-0.15, -0.1) is 0 Å². The highest BCUT2D eigenvalue weighted by Gasteiger charge is 2.63. The maximum absolute atomic E-state index is 13.4. The third-order valence-corrected chi connectivity index (χ3v) is 6.37. The lowest BCUT2D eigenvalue weighted by Crippen LogP contribution is -2.51. The van der Waals surface area contributed by atoms with Crippen molar-refractivity contribution in [1.29, 1.82) is 0 Å². The van der Waals surface area contributed by atoms with Crippen molar-refractivity contribution in [2.45, 2.75) is 57.9 Å². The molecule has 3 heteroatoms. The number of hydrogen-bond acceptors (Lipinski definition) is 2. The summed E-state index contributed by atoms with van der Waals surface area (Å²) in [7, 11) is 0. The molecule has 3 aliphatic carbocycles. The first-order chi connectivity index (χ1) is 13.8.